The Morgan fingerprint density at radius 2 is 2.29 bits per heavy atom. The van der Waals surface area contributed by atoms with E-state index < -0.39 is 0 Å². The van der Waals surface area contributed by atoms with E-state index in [4.69, 9.17) is 5.26 Å². The van der Waals surface area contributed by atoms with Crippen molar-refractivity contribution in [3.63, 3.8) is 0 Å². The first-order chi connectivity index (χ1) is 6.72. The smallest absolute Gasteiger partial charge is 0.177 e. The minimum Gasteiger partial charge on any atom is -0.198 e. The maximum absolute atomic E-state index is 13.1. The molecule has 2 rings (SSSR count). The Morgan fingerprint density at radius 3 is 3.00 bits per heavy atom. The minimum atomic E-state index is -0.187. The highest BCUT2D eigenvalue weighted by Crippen LogP contribution is 2.30. The molecule has 1 aromatic carbocycles. The molecule has 0 aliphatic heterocycles. The van der Waals surface area contributed by atoms with Gasteiger partial charge in [-0.25, -0.2) is 0 Å². The highest BCUT2D eigenvalue weighted by atomic mass is 32.1. The highest BCUT2D eigenvalue weighted by molar-refractivity contribution is 7.17. The van der Waals surface area contributed by atoms with Gasteiger partial charge in [0.25, 0.3) is 0 Å². The van der Waals surface area contributed by atoms with E-state index in [1.807, 2.05) is 19.1 Å². The summed E-state index contributed by atoms with van der Waals surface area (Å²) in [7, 11) is 0. The molecule has 0 saturated carbocycles. The normalized spacial score (nSPS) is 10.4. The molecular formula is C11H8FNS. The number of nitriles is 1. The molecule has 0 aliphatic carbocycles. The minimum absolute atomic E-state index is 0.187. The Kier molecular flexibility index (Phi) is 2.22. The molecular weight excluding hydrogens is 197 g/mol. The molecule has 2 aromatic rings. The fourth-order valence-electron chi connectivity index (χ4n) is 1.51. The first-order valence-electron chi connectivity index (χ1n) is 4.27. The van der Waals surface area contributed by atoms with Crippen molar-refractivity contribution in [2.24, 2.45) is 0 Å². The summed E-state index contributed by atoms with van der Waals surface area (Å²) in [5.41, 5.74) is 1.98. The highest BCUT2D eigenvalue weighted by Gasteiger charge is 2.07. The zero-order valence-corrected chi connectivity index (χ0v) is 8.49. The lowest BCUT2D eigenvalue weighted by Crippen LogP contribution is -1.82. The number of aryl methyl sites for hydroxylation is 1. The second kappa shape index (κ2) is 3.39. The van der Waals surface area contributed by atoms with Crippen LogP contribution >= 0.6 is 11.3 Å². The van der Waals surface area contributed by atoms with Crippen LogP contribution in [0.5, 0.6) is 0 Å². The summed E-state index contributed by atoms with van der Waals surface area (Å²) in [6.45, 7) is 1.95. The molecule has 0 amide bonds. The maximum atomic E-state index is 13.1. The average molecular weight is 205 g/mol. The molecule has 1 nitrogen and oxygen atoms in total. The van der Waals surface area contributed by atoms with Gasteiger partial charge in [0.05, 0.1) is 12.5 Å². The van der Waals surface area contributed by atoms with Crippen molar-refractivity contribution in [2.45, 2.75) is 13.3 Å². The van der Waals surface area contributed by atoms with Crippen LogP contribution in [0.15, 0.2) is 18.2 Å². The lowest BCUT2D eigenvalue weighted by Gasteiger charge is -1.99. The molecule has 0 bridgehead atoms. The van der Waals surface area contributed by atoms with E-state index in [-0.39, 0.29) is 5.13 Å². The number of rotatable bonds is 1. The van der Waals surface area contributed by atoms with E-state index in [1.54, 1.807) is 0 Å². The molecule has 1 aromatic heterocycles. The zero-order valence-electron chi connectivity index (χ0n) is 7.67. The van der Waals surface area contributed by atoms with Crippen molar-refractivity contribution in [3.05, 3.63) is 34.5 Å². The standard InChI is InChI=1S/C11H8FNS/c1-7-2-3-8(4-5-13)11-9(7)6-10(12)14-11/h2-3,6H,4H2,1H3. The average Bonchev–Trinajstić information content (AvgIpc) is 2.53. The summed E-state index contributed by atoms with van der Waals surface area (Å²) < 4.78 is 14.0. The molecule has 0 fully saturated rings. The van der Waals surface area contributed by atoms with Crippen LogP contribution in [0.2, 0.25) is 0 Å². The number of halogens is 1. The summed E-state index contributed by atoms with van der Waals surface area (Å²) >= 11 is 1.12. The number of thiophene rings is 1. The SMILES string of the molecule is Cc1ccc(CC#N)c2sc(F)cc12. The first kappa shape index (κ1) is 9.17. The van der Waals surface area contributed by atoms with Crippen LogP contribution in [-0.4, -0.2) is 0 Å². The van der Waals surface area contributed by atoms with Gasteiger partial charge in [-0.05, 0) is 29.5 Å². The van der Waals surface area contributed by atoms with Crippen molar-refractivity contribution >= 4 is 21.4 Å². The second-order valence-electron chi connectivity index (χ2n) is 3.17. The third-order valence-corrected chi connectivity index (χ3v) is 3.22. The number of hydrogen-bond acceptors (Lipinski definition) is 2. The number of fused-ring (bicyclic) bond motifs is 1. The Bertz CT molecular complexity index is 522. The Morgan fingerprint density at radius 1 is 1.50 bits per heavy atom. The summed E-state index contributed by atoms with van der Waals surface area (Å²) in [5.74, 6) is 0. The summed E-state index contributed by atoms with van der Waals surface area (Å²) in [6, 6.07) is 7.46. The van der Waals surface area contributed by atoms with Crippen LogP contribution in [0.25, 0.3) is 10.1 Å². The Balaban J connectivity index is 2.75. The van der Waals surface area contributed by atoms with Crippen LogP contribution in [0.4, 0.5) is 4.39 Å². The molecule has 0 unspecified atom stereocenters. The van der Waals surface area contributed by atoms with E-state index >= 15 is 0 Å². The molecule has 0 spiro atoms. The van der Waals surface area contributed by atoms with Gasteiger partial charge in [0.2, 0.25) is 0 Å². The quantitative estimate of drug-likeness (QED) is 0.699. The van der Waals surface area contributed by atoms with Crippen molar-refractivity contribution in [1.82, 2.24) is 0 Å². The van der Waals surface area contributed by atoms with Crippen molar-refractivity contribution < 1.29 is 4.39 Å². The monoisotopic (exact) mass is 205 g/mol. The second-order valence-corrected chi connectivity index (χ2v) is 4.17. The third-order valence-electron chi connectivity index (χ3n) is 2.22. The predicted octanol–water partition coefficient (Wildman–Crippen LogP) is 3.41. The lowest BCUT2D eigenvalue weighted by molar-refractivity contribution is 0.658. The van der Waals surface area contributed by atoms with E-state index in [2.05, 4.69) is 6.07 Å². The van der Waals surface area contributed by atoms with Crippen LogP contribution < -0.4 is 0 Å². The topological polar surface area (TPSA) is 23.8 Å². The molecule has 1 heterocycles. The zero-order chi connectivity index (χ0) is 10.1. The molecule has 0 aliphatic rings. The lowest BCUT2D eigenvalue weighted by atomic mass is 10.1. The summed E-state index contributed by atoms with van der Waals surface area (Å²) in [5, 5.41) is 9.36. The van der Waals surface area contributed by atoms with Crippen LogP contribution in [0.3, 0.4) is 0 Å². The number of hydrogen-bond donors (Lipinski definition) is 0. The van der Waals surface area contributed by atoms with Crippen LogP contribution in [-0.2, 0) is 6.42 Å². The Labute approximate surface area is 85.4 Å². The fraction of sp³-hybridized carbons (Fsp3) is 0.182. The van der Waals surface area contributed by atoms with Crippen LogP contribution in [0.1, 0.15) is 11.1 Å². The van der Waals surface area contributed by atoms with Crippen molar-refractivity contribution in [3.8, 4) is 6.07 Å². The number of nitrogens with zero attached hydrogens (tertiary/aromatic N) is 1. The Hall–Kier alpha value is -1.40. The van der Waals surface area contributed by atoms with E-state index in [0.29, 0.717) is 6.42 Å². The van der Waals surface area contributed by atoms with Gasteiger partial charge in [0, 0.05) is 4.70 Å². The molecule has 70 valence electrons. The van der Waals surface area contributed by atoms with Gasteiger partial charge in [-0.2, -0.15) is 9.65 Å². The van der Waals surface area contributed by atoms with Gasteiger partial charge >= 0.3 is 0 Å². The summed E-state index contributed by atoms with van der Waals surface area (Å²) in [6.07, 6.45) is 0.344. The molecule has 0 radical (unpaired) electrons. The maximum Gasteiger partial charge on any atom is 0.177 e. The van der Waals surface area contributed by atoms with Crippen molar-refractivity contribution in [1.29, 1.82) is 5.26 Å². The first-order valence-corrected chi connectivity index (χ1v) is 5.08. The fourth-order valence-corrected chi connectivity index (χ4v) is 2.48. The summed E-state index contributed by atoms with van der Waals surface area (Å²) in [4.78, 5) is 0. The molecule has 0 atom stereocenters. The molecule has 0 saturated heterocycles. The van der Waals surface area contributed by atoms with Crippen LogP contribution in [0, 0.1) is 23.4 Å². The van der Waals surface area contributed by atoms with Gasteiger partial charge in [0.15, 0.2) is 5.13 Å². The predicted molar refractivity (Wildman–Crippen MR) is 55.8 cm³/mol. The van der Waals surface area contributed by atoms with E-state index in [0.717, 1.165) is 32.5 Å². The van der Waals surface area contributed by atoms with Gasteiger partial charge in [-0.1, -0.05) is 12.1 Å². The van der Waals surface area contributed by atoms with E-state index in [9.17, 15) is 4.39 Å². The van der Waals surface area contributed by atoms with Gasteiger partial charge in [-0.15, -0.1) is 11.3 Å². The molecule has 14 heavy (non-hydrogen) atoms. The van der Waals surface area contributed by atoms with Gasteiger partial charge < -0.3 is 0 Å². The van der Waals surface area contributed by atoms with Gasteiger partial charge in [-0.3, -0.25) is 0 Å². The van der Waals surface area contributed by atoms with Gasteiger partial charge in [0.1, 0.15) is 0 Å². The largest absolute Gasteiger partial charge is 0.198 e. The molecule has 0 N–H and O–H groups in total. The van der Waals surface area contributed by atoms with E-state index in [1.165, 1.54) is 6.07 Å². The third kappa shape index (κ3) is 1.38. The molecule has 3 heteroatoms. The van der Waals surface area contributed by atoms with Crippen molar-refractivity contribution in [2.75, 3.05) is 0 Å². The number of benzene rings is 1.